The fourth-order valence-electron chi connectivity index (χ4n) is 0.642. The van der Waals surface area contributed by atoms with Crippen molar-refractivity contribution in [2.45, 2.75) is 10.5 Å². The minimum atomic E-state index is -2.10. The Morgan fingerprint density at radius 1 is 1.75 bits per heavy atom. The standard InChI is InChI=1S/C4H6.CO2.Bi/c1-3-4-2;2-1-3;/h1,3H,2,4H2;;/q;-1;. The molecule has 0 atom stereocenters. The third-order valence-corrected chi connectivity index (χ3v) is 7.98. The summed E-state index contributed by atoms with van der Waals surface area (Å²) in [6.45, 7) is 0. The molecule has 0 saturated heterocycles. The van der Waals surface area contributed by atoms with Crippen LogP contribution in [-0.2, 0) is 0 Å². The maximum absolute atomic E-state index is 10.1. The molecule has 0 fully saturated rings. The van der Waals surface area contributed by atoms with Gasteiger partial charge in [-0.1, -0.05) is 0 Å². The van der Waals surface area contributed by atoms with E-state index in [1.54, 1.807) is 0 Å². The van der Waals surface area contributed by atoms with Crippen molar-refractivity contribution in [2.24, 2.45) is 0 Å². The van der Waals surface area contributed by atoms with Crippen molar-refractivity contribution in [1.29, 1.82) is 0 Å². The number of rotatable bonds is 1. The first-order valence-corrected chi connectivity index (χ1v) is 8.65. The van der Waals surface area contributed by atoms with E-state index in [0.717, 1.165) is 10.5 Å². The van der Waals surface area contributed by atoms with E-state index in [0.29, 0.717) is 0 Å². The molecule has 0 aromatic heterocycles. The first-order valence-electron chi connectivity index (χ1n) is 2.45. The molecule has 0 aromatic rings. The number of carbonyl (C=O) groups is 1. The van der Waals surface area contributed by atoms with Gasteiger partial charge in [0, 0.05) is 0 Å². The molecule has 0 N–H and O–H groups in total. The number of carbonyl (C=O) groups excluding carboxylic acids is 1. The van der Waals surface area contributed by atoms with Crippen molar-refractivity contribution in [3.63, 3.8) is 0 Å². The van der Waals surface area contributed by atoms with Crippen LogP contribution in [0, 0.1) is 0 Å². The van der Waals surface area contributed by atoms with E-state index >= 15 is 0 Å². The number of allylic oxidation sites excluding steroid dienone is 1. The van der Waals surface area contributed by atoms with Crippen molar-refractivity contribution in [1.82, 2.24) is 0 Å². The second-order valence-corrected chi connectivity index (χ2v) is 9.60. The van der Waals surface area contributed by atoms with Gasteiger partial charge in [-0.25, -0.2) is 0 Å². The molecule has 44 valence electrons. The van der Waals surface area contributed by atoms with E-state index in [1.807, 2.05) is 9.86 Å². The fraction of sp³-hybridized carbons (Fsp3) is 0.400. The summed E-state index contributed by atoms with van der Waals surface area (Å²) in [5, 5.41) is 10.1. The van der Waals surface area contributed by atoms with Gasteiger partial charge in [-0.2, -0.15) is 0 Å². The fourth-order valence-corrected chi connectivity index (χ4v) is 5.63. The Labute approximate surface area is 55.9 Å². The molecule has 1 heterocycles. The predicted octanol–water partition coefficient (Wildman–Crippen LogP) is -0.0947. The maximum atomic E-state index is 10.1. The van der Waals surface area contributed by atoms with Crippen molar-refractivity contribution in [2.75, 3.05) is 0 Å². The Kier molecular flexibility index (Phi) is 2.01. The van der Waals surface area contributed by atoms with Gasteiger partial charge < -0.3 is 0 Å². The summed E-state index contributed by atoms with van der Waals surface area (Å²) in [4.78, 5) is 10.1. The molecule has 1 aliphatic rings. The van der Waals surface area contributed by atoms with Crippen molar-refractivity contribution in [3.8, 4) is 0 Å². The van der Waals surface area contributed by atoms with Crippen molar-refractivity contribution in [3.05, 3.63) is 9.86 Å². The van der Waals surface area contributed by atoms with Gasteiger partial charge in [0.15, 0.2) is 0 Å². The van der Waals surface area contributed by atoms with E-state index in [1.165, 1.54) is 0 Å². The summed E-state index contributed by atoms with van der Waals surface area (Å²) in [6.07, 6.45) is 2.94. The number of hydrogen-bond donors (Lipinski definition) is 0. The summed E-state index contributed by atoms with van der Waals surface area (Å²) >= 11 is -2.10. The average Bonchev–Trinajstić information content (AvgIpc) is 2.12. The zero-order valence-electron chi connectivity index (χ0n) is 4.33. The van der Waals surface area contributed by atoms with Gasteiger partial charge in [0.2, 0.25) is 0 Å². The molecule has 0 bridgehead atoms. The second-order valence-electron chi connectivity index (χ2n) is 1.63. The summed E-state index contributed by atoms with van der Waals surface area (Å²) in [5.74, 6) is 0. The Balaban J connectivity index is 2.48. The molecule has 2 nitrogen and oxygen atoms in total. The van der Waals surface area contributed by atoms with Gasteiger partial charge in [-0.3, -0.25) is 0 Å². The van der Waals surface area contributed by atoms with Crippen LogP contribution in [-0.4, -0.2) is 25.4 Å². The molecule has 0 amide bonds. The molecule has 0 aliphatic carbocycles. The predicted molar refractivity (Wildman–Crippen MR) is 29.7 cm³/mol. The van der Waals surface area contributed by atoms with Crippen LogP contribution in [0.4, 0.5) is 4.79 Å². The third-order valence-electron chi connectivity index (χ3n) is 1.06. The van der Waals surface area contributed by atoms with Crippen LogP contribution >= 0.6 is 0 Å². The Bertz CT molecular complexity index is 130. The molecule has 0 radical (unpaired) electrons. The molecule has 0 spiro atoms. The van der Waals surface area contributed by atoms with Crippen molar-refractivity contribution < 1.29 is 9.90 Å². The van der Waals surface area contributed by atoms with Gasteiger partial charge in [0.25, 0.3) is 0 Å². The first kappa shape index (κ1) is 6.22. The van der Waals surface area contributed by atoms with E-state index in [-0.39, 0.29) is 0 Å². The van der Waals surface area contributed by atoms with Crippen LogP contribution in [0.2, 0.25) is 4.13 Å². The molecular formula is C5H6BiO2-. The normalized spacial score (nSPS) is 19.5. The van der Waals surface area contributed by atoms with Crippen LogP contribution in [0.3, 0.4) is 0 Å². The summed E-state index contributed by atoms with van der Waals surface area (Å²) in [6, 6.07) is 0. The Morgan fingerprint density at radius 3 is 2.75 bits per heavy atom. The van der Waals surface area contributed by atoms with Gasteiger partial charge in [-0.15, -0.1) is 0 Å². The average molecular weight is 307 g/mol. The molecule has 8 heavy (non-hydrogen) atoms. The zero-order valence-corrected chi connectivity index (χ0v) is 7.81. The summed E-state index contributed by atoms with van der Waals surface area (Å²) in [5.41, 5.74) is 0. The molecule has 0 saturated carbocycles. The first-order chi connectivity index (χ1) is 3.80. The molecule has 3 heteroatoms. The second kappa shape index (κ2) is 2.59. The molecule has 1 aliphatic heterocycles. The molecule has 1 rings (SSSR count). The summed E-state index contributed by atoms with van der Waals surface area (Å²) in [7, 11) is 0. The van der Waals surface area contributed by atoms with Gasteiger partial charge in [0.05, 0.1) is 0 Å². The van der Waals surface area contributed by atoms with Crippen LogP contribution in [0.25, 0.3) is 0 Å². The molecule has 0 unspecified atom stereocenters. The van der Waals surface area contributed by atoms with Crippen molar-refractivity contribution >= 4 is 25.4 Å². The Hall–Kier alpha value is 0.0931. The van der Waals surface area contributed by atoms with E-state index in [4.69, 9.17) is 0 Å². The number of carboxylic acid groups (broad SMARTS) is 1. The van der Waals surface area contributed by atoms with Crippen LogP contribution in [0.15, 0.2) is 9.86 Å². The SMILES string of the molecule is O=[C]([O-])[Bi]1[CH]=CC[CH2]1. The topological polar surface area (TPSA) is 40.1 Å². The minimum absolute atomic E-state index is 0.742. The van der Waals surface area contributed by atoms with Crippen LogP contribution in [0.1, 0.15) is 6.42 Å². The molecular weight excluding hydrogens is 301 g/mol. The Morgan fingerprint density at radius 2 is 2.50 bits per heavy atom. The van der Waals surface area contributed by atoms with Crippen LogP contribution < -0.4 is 5.11 Å². The van der Waals surface area contributed by atoms with Crippen LogP contribution in [0.5, 0.6) is 0 Å². The van der Waals surface area contributed by atoms with Gasteiger partial charge in [-0.05, 0) is 0 Å². The van der Waals surface area contributed by atoms with Gasteiger partial charge >= 0.3 is 55.7 Å². The quantitative estimate of drug-likeness (QED) is 0.635. The summed E-state index contributed by atoms with van der Waals surface area (Å²) < 4.78 is 2.08. The van der Waals surface area contributed by atoms with E-state index < -0.39 is 25.4 Å². The monoisotopic (exact) mass is 307 g/mol. The van der Waals surface area contributed by atoms with E-state index in [2.05, 4.69) is 0 Å². The molecule has 0 aromatic carbocycles. The zero-order chi connectivity index (χ0) is 5.98. The number of hydrogen-bond acceptors (Lipinski definition) is 2. The van der Waals surface area contributed by atoms with E-state index in [9.17, 15) is 9.90 Å². The van der Waals surface area contributed by atoms with Gasteiger partial charge in [0.1, 0.15) is 0 Å². The third kappa shape index (κ3) is 1.28.